The number of halogens is 1. The Morgan fingerprint density at radius 3 is 2.74 bits per heavy atom. The molecule has 0 atom stereocenters. The van der Waals surface area contributed by atoms with Crippen molar-refractivity contribution in [3.8, 4) is 5.75 Å². The molecule has 1 aromatic rings. The molecule has 2 N–H and O–H groups in total. The highest BCUT2D eigenvalue weighted by molar-refractivity contribution is 6.30. The zero-order chi connectivity index (χ0) is 14.3. The molecule has 1 rings (SSSR count). The number of primary amides is 1. The van der Waals surface area contributed by atoms with Crippen LogP contribution in [0.1, 0.15) is 30.1 Å². The van der Waals surface area contributed by atoms with Gasteiger partial charge in [0.1, 0.15) is 5.75 Å². The Morgan fingerprint density at radius 2 is 2.11 bits per heavy atom. The quantitative estimate of drug-likeness (QED) is 0.615. The summed E-state index contributed by atoms with van der Waals surface area (Å²) >= 11 is 5.82. The molecule has 0 unspecified atom stereocenters. The highest BCUT2D eigenvalue weighted by atomic mass is 35.5. The molecule has 0 bridgehead atoms. The van der Waals surface area contributed by atoms with Gasteiger partial charge in [-0.15, -0.1) is 0 Å². The maximum absolute atomic E-state index is 11.2. The number of hydrogen-bond donors (Lipinski definition) is 1. The van der Waals surface area contributed by atoms with E-state index in [2.05, 4.69) is 0 Å². The lowest BCUT2D eigenvalue weighted by molar-refractivity contribution is -0.143. The van der Waals surface area contributed by atoms with Crippen LogP contribution in [0.2, 0.25) is 5.02 Å². The van der Waals surface area contributed by atoms with Crippen LogP contribution in [-0.4, -0.2) is 25.1 Å². The number of carbonyl (C=O) groups excluding carboxylic acids is 2. The maximum atomic E-state index is 11.2. The van der Waals surface area contributed by atoms with Crippen LogP contribution >= 0.6 is 11.6 Å². The Morgan fingerprint density at radius 1 is 1.37 bits per heavy atom. The van der Waals surface area contributed by atoms with Gasteiger partial charge in [-0.1, -0.05) is 11.6 Å². The predicted molar refractivity (Wildman–Crippen MR) is 71.3 cm³/mol. The Bertz CT molecular complexity index is 462. The maximum Gasteiger partial charge on any atom is 0.305 e. The fraction of sp³-hybridized carbons (Fsp3) is 0.385. The first-order valence-corrected chi connectivity index (χ1v) is 6.30. The Hall–Kier alpha value is -1.75. The highest BCUT2D eigenvalue weighted by Crippen LogP contribution is 2.23. The van der Waals surface area contributed by atoms with Gasteiger partial charge in [-0.25, -0.2) is 0 Å². The Kier molecular flexibility index (Phi) is 6.15. The van der Waals surface area contributed by atoms with E-state index in [1.54, 1.807) is 13.0 Å². The van der Waals surface area contributed by atoms with Crippen molar-refractivity contribution in [2.75, 3.05) is 13.2 Å². The second-order valence-electron chi connectivity index (χ2n) is 3.76. The molecule has 0 fully saturated rings. The number of carbonyl (C=O) groups is 2. The molecule has 0 aliphatic rings. The Balaban J connectivity index is 2.51. The summed E-state index contributed by atoms with van der Waals surface area (Å²) in [5.74, 6) is -0.534. The monoisotopic (exact) mass is 285 g/mol. The topological polar surface area (TPSA) is 78.6 Å². The minimum Gasteiger partial charge on any atom is -0.493 e. The van der Waals surface area contributed by atoms with E-state index in [0.29, 0.717) is 23.8 Å². The summed E-state index contributed by atoms with van der Waals surface area (Å²) < 4.78 is 10.2. The van der Waals surface area contributed by atoms with Gasteiger partial charge in [-0.3, -0.25) is 9.59 Å². The van der Waals surface area contributed by atoms with Crippen LogP contribution in [-0.2, 0) is 9.53 Å². The van der Waals surface area contributed by atoms with Crippen molar-refractivity contribution in [2.45, 2.75) is 19.8 Å². The molecule has 0 aromatic heterocycles. The van der Waals surface area contributed by atoms with Crippen LogP contribution in [0.15, 0.2) is 18.2 Å². The van der Waals surface area contributed by atoms with Crippen LogP contribution in [0.25, 0.3) is 0 Å². The third-order valence-electron chi connectivity index (χ3n) is 2.30. The molecule has 0 aliphatic carbocycles. The second-order valence-corrected chi connectivity index (χ2v) is 4.20. The van der Waals surface area contributed by atoms with Crippen LogP contribution < -0.4 is 10.5 Å². The fourth-order valence-corrected chi connectivity index (χ4v) is 1.61. The first-order chi connectivity index (χ1) is 9.04. The average Bonchev–Trinajstić information content (AvgIpc) is 2.34. The molecule has 0 aliphatic heterocycles. The van der Waals surface area contributed by atoms with Gasteiger partial charge in [0.05, 0.1) is 18.8 Å². The van der Waals surface area contributed by atoms with Crippen molar-refractivity contribution in [2.24, 2.45) is 5.73 Å². The van der Waals surface area contributed by atoms with E-state index in [4.69, 9.17) is 26.8 Å². The van der Waals surface area contributed by atoms with E-state index in [1.807, 2.05) is 0 Å². The molecule has 5 nitrogen and oxygen atoms in total. The smallest absolute Gasteiger partial charge is 0.305 e. The molecule has 0 radical (unpaired) electrons. The molecule has 6 heteroatoms. The minimum atomic E-state index is -0.586. The summed E-state index contributed by atoms with van der Waals surface area (Å²) in [6.45, 7) is 2.39. The van der Waals surface area contributed by atoms with Crippen LogP contribution in [0.3, 0.4) is 0 Å². The van der Waals surface area contributed by atoms with Crippen molar-refractivity contribution >= 4 is 23.5 Å². The van der Waals surface area contributed by atoms with Gasteiger partial charge in [0.25, 0.3) is 5.91 Å². The van der Waals surface area contributed by atoms with Gasteiger partial charge in [-0.2, -0.15) is 0 Å². The van der Waals surface area contributed by atoms with Crippen molar-refractivity contribution < 1.29 is 19.1 Å². The third kappa shape index (κ3) is 5.18. The van der Waals surface area contributed by atoms with E-state index < -0.39 is 5.91 Å². The number of amides is 1. The second kappa shape index (κ2) is 7.63. The van der Waals surface area contributed by atoms with Crippen molar-refractivity contribution in [1.82, 2.24) is 0 Å². The van der Waals surface area contributed by atoms with Gasteiger partial charge in [0.15, 0.2) is 0 Å². The van der Waals surface area contributed by atoms with Gasteiger partial charge < -0.3 is 15.2 Å². The average molecular weight is 286 g/mol. The van der Waals surface area contributed by atoms with E-state index in [0.717, 1.165) is 0 Å². The zero-order valence-electron chi connectivity index (χ0n) is 10.6. The van der Waals surface area contributed by atoms with Crippen LogP contribution in [0, 0.1) is 0 Å². The van der Waals surface area contributed by atoms with E-state index in [9.17, 15) is 9.59 Å². The van der Waals surface area contributed by atoms with Crippen molar-refractivity contribution in [3.63, 3.8) is 0 Å². The van der Waals surface area contributed by atoms with Crippen molar-refractivity contribution in [1.29, 1.82) is 0 Å². The SMILES string of the molecule is CCOC(=O)CCCOc1cc(Cl)ccc1C(N)=O. The summed E-state index contributed by atoms with van der Waals surface area (Å²) in [4.78, 5) is 22.3. The molecule has 19 heavy (non-hydrogen) atoms. The van der Waals surface area contributed by atoms with Gasteiger partial charge >= 0.3 is 5.97 Å². The first-order valence-electron chi connectivity index (χ1n) is 5.92. The molecule has 104 valence electrons. The lowest BCUT2D eigenvalue weighted by Gasteiger charge is -2.09. The summed E-state index contributed by atoms with van der Waals surface area (Å²) in [6.07, 6.45) is 0.754. The number of nitrogens with two attached hydrogens (primary N) is 1. The summed E-state index contributed by atoms with van der Waals surface area (Å²) in [5.41, 5.74) is 5.48. The van der Waals surface area contributed by atoms with Crippen LogP contribution in [0.4, 0.5) is 0 Å². The van der Waals surface area contributed by atoms with Crippen molar-refractivity contribution in [3.05, 3.63) is 28.8 Å². The largest absolute Gasteiger partial charge is 0.493 e. The number of esters is 1. The fourth-order valence-electron chi connectivity index (χ4n) is 1.45. The predicted octanol–water partition coefficient (Wildman–Crippen LogP) is 2.16. The van der Waals surface area contributed by atoms with Gasteiger partial charge in [0, 0.05) is 11.4 Å². The molecule has 0 spiro atoms. The Labute approximate surface area is 116 Å². The molecule has 1 amide bonds. The molecular formula is C13H16ClNO4. The standard InChI is InChI=1S/C13H16ClNO4/c1-2-18-12(16)4-3-7-19-11-8-9(14)5-6-10(11)13(15)17/h5-6,8H,2-4,7H2,1H3,(H2,15,17). The summed E-state index contributed by atoms with van der Waals surface area (Å²) in [7, 11) is 0. The third-order valence-corrected chi connectivity index (χ3v) is 2.53. The lowest BCUT2D eigenvalue weighted by Crippen LogP contribution is -2.14. The van der Waals surface area contributed by atoms with Gasteiger partial charge in [-0.05, 0) is 31.5 Å². The number of ether oxygens (including phenoxy) is 2. The van der Waals surface area contributed by atoms with E-state index >= 15 is 0 Å². The molecular weight excluding hydrogens is 270 g/mol. The number of rotatable bonds is 7. The molecule has 0 saturated heterocycles. The van der Waals surface area contributed by atoms with E-state index in [-0.39, 0.29) is 24.6 Å². The zero-order valence-corrected chi connectivity index (χ0v) is 11.4. The number of benzene rings is 1. The molecule has 0 heterocycles. The summed E-state index contributed by atoms with van der Waals surface area (Å²) in [6, 6.07) is 4.59. The number of hydrogen-bond acceptors (Lipinski definition) is 4. The minimum absolute atomic E-state index is 0.264. The molecule has 1 aromatic carbocycles. The van der Waals surface area contributed by atoms with Gasteiger partial charge in [0.2, 0.25) is 0 Å². The summed E-state index contributed by atoms with van der Waals surface area (Å²) in [5, 5.41) is 0.449. The van der Waals surface area contributed by atoms with E-state index in [1.165, 1.54) is 12.1 Å². The lowest BCUT2D eigenvalue weighted by atomic mass is 10.2. The molecule has 0 saturated carbocycles. The normalized spacial score (nSPS) is 10.0. The van der Waals surface area contributed by atoms with Crippen LogP contribution in [0.5, 0.6) is 5.75 Å². The first kappa shape index (κ1) is 15.3. The highest BCUT2D eigenvalue weighted by Gasteiger charge is 2.10.